The van der Waals surface area contributed by atoms with Gasteiger partial charge in [0.2, 0.25) is 0 Å². The number of nitrogens with zero attached hydrogens (tertiary/aromatic N) is 2. The lowest BCUT2D eigenvalue weighted by Crippen LogP contribution is -2.21. The smallest absolute Gasteiger partial charge is 0.0931 e. The van der Waals surface area contributed by atoms with Crippen LogP contribution in [0.25, 0.3) is 0 Å². The van der Waals surface area contributed by atoms with Crippen LogP contribution < -0.4 is 4.90 Å². The molecule has 4 heteroatoms. The Morgan fingerprint density at radius 1 is 1.59 bits per heavy atom. The van der Waals surface area contributed by atoms with Crippen LogP contribution >= 0.6 is 0 Å². The van der Waals surface area contributed by atoms with Crippen LogP contribution in [-0.4, -0.2) is 36.9 Å². The van der Waals surface area contributed by atoms with E-state index in [-0.39, 0.29) is 0 Å². The minimum absolute atomic E-state index is 0.496. The van der Waals surface area contributed by atoms with Crippen molar-refractivity contribution >= 4 is 5.69 Å². The first kappa shape index (κ1) is 12.3. The van der Waals surface area contributed by atoms with Gasteiger partial charge in [-0.1, -0.05) is 0 Å². The van der Waals surface area contributed by atoms with Gasteiger partial charge in [0.05, 0.1) is 30.3 Å². The van der Waals surface area contributed by atoms with Crippen molar-refractivity contribution in [1.29, 1.82) is 0 Å². The highest BCUT2D eigenvalue weighted by Crippen LogP contribution is 2.24. The number of rotatable bonds is 4. The summed E-state index contributed by atoms with van der Waals surface area (Å²) in [5.74, 6) is 0.622. The lowest BCUT2D eigenvalue weighted by atomic mass is 10.1. The molecular formula is C13H20N2O2. The van der Waals surface area contributed by atoms with Gasteiger partial charge in [-0.15, -0.1) is 0 Å². The average Bonchev–Trinajstić information content (AvgIpc) is 2.78. The molecule has 1 aromatic heterocycles. The number of anilines is 1. The van der Waals surface area contributed by atoms with Gasteiger partial charge < -0.3 is 14.7 Å². The highest BCUT2D eigenvalue weighted by Gasteiger charge is 2.22. The van der Waals surface area contributed by atoms with Crippen molar-refractivity contribution in [3.05, 3.63) is 24.0 Å². The van der Waals surface area contributed by atoms with Crippen LogP contribution in [0.5, 0.6) is 0 Å². The zero-order valence-corrected chi connectivity index (χ0v) is 10.5. The lowest BCUT2D eigenvalue weighted by molar-refractivity contribution is 0.161. The molecule has 1 aliphatic heterocycles. The molecule has 0 spiro atoms. The van der Waals surface area contributed by atoms with Gasteiger partial charge in [-0.25, -0.2) is 0 Å². The summed E-state index contributed by atoms with van der Waals surface area (Å²) in [5.41, 5.74) is 1.86. The molecule has 1 fully saturated rings. The third-order valence-corrected chi connectivity index (χ3v) is 3.25. The third kappa shape index (κ3) is 2.96. The van der Waals surface area contributed by atoms with Gasteiger partial charge in [-0.2, -0.15) is 0 Å². The highest BCUT2D eigenvalue weighted by molar-refractivity contribution is 5.45. The standard InChI is InChI=1S/C13H20N2O2/c1-10(16)13-4-3-12(7-14-13)15-6-5-11(8-15)9-17-2/h3-4,7,10-11,16H,5-6,8-9H2,1-2H3/t10-,11?/m1/s1. The van der Waals surface area contributed by atoms with E-state index in [0.29, 0.717) is 5.92 Å². The number of hydrogen-bond acceptors (Lipinski definition) is 4. The van der Waals surface area contributed by atoms with Crippen LogP contribution in [0.1, 0.15) is 25.1 Å². The van der Waals surface area contributed by atoms with Crippen molar-refractivity contribution in [3.63, 3.8) is 0 Å². The Kier molecular flexibility index (Phi) is 3.97. The molecule has 0 aliphatic carbocycles. The first-order valence-corrected chi connectivity index (χ1v) is 6.08. The fraction of sp³-hybridized carbons (Fsp3) is 0.615. The number of aromatic nitrogens is 1. The second-order valence-electron chi connectivity index (χ2n) is 4.67. The predicted molar refractivity (Wildman–Crippen MR) is 67.1 cm³/mol. The minimum Gasteiger partial charge on any atom is -0.387 e. The average molecular weight is 236 g/mol. The molecule has 1 unspecified atom stereocenters. The Hall–Kier alpha value is -1.13. The van der Waals surface area contributed by atoms with E-state index in [1.54, 1.807) is 14.0 Å². The van der Waals surface area contributed by atoms with Crippen molar-refractivity contribution < 1.29 is 9.84 Å². The van der Waals surface area contributed by atoms with Crippen LogP contribution in [-0.2, 0) is 4.74 Å². The lowest BCUT2D eigenvalue weighted by Gasteiger charge is -2.18. The Balaban J connectivity index is 1.99. The number of hydrogen-bond donors (Lipinski definition) is 1. The van der Waals surface area contributed by atoms with E-state index in [1.807, 2.05) is 18.3 Å². The number of aliphatic hydroxyl groups excluding tert-OH is 1. The van der Waals surface area contributed by atoms with Crippen LogP contribution in [0, 0.1) is 5.92 Å². The Labute approximate surface area is 102 Å². The topological polar surface area (TPSA) is 45.6 Å². The monoisotopic (exact) mass is 236 g/mol. The number of aliphatic hydroxyl groups is 1. The van der Waals surface area contributed by atoms with E-state index in [2.05, 4.69) is 9.88 Å². The predicted octanol–water partition coefficient (Wildman–Crippen LogP) is 1.61. The van der Waals surface area contributed by atoms with E-state index >= 15 is 0 Å². The molecule has 2 atom stereocenters. The summed E-state index contributed by atoms with van der Waals surface area (Å²) in [6.45, 7) is 4.65. The van der Waals surface area contributed by atoms with Crippen molar-refractivity contribution in [3.8, 4) is 0 Å². The van der Waals surface area contributed by atoms with Gasteiger partial charge in [-0.3, -0.25) is 4.98 Å². The van der Waals surface area contributed by atoms with E-state index in [9.17, 15) is 5.11 Å². The van der Waals surface area contributed by atoms with Gasteiger partial charge in [0.15, 0.2) is 0 Å². The Bertz CT molecular complexity index is 351. The SMILES string of the molecule is COCC1CCN(c2ccc([C@@H](C)O)nc2)C1. The maximum atomic E-state index is 9.40. The molecule has 1 aliphatic rings. The zero-order valence-electron chi connectivity index (χ0n) is 10.5. The number of pyridine rings is 1. The van der Waals surface area contributed by atoms with E-state index in [1.165, 1.54) is 6.42 Å². The van der Waals surface area contributed by atoms with E-state index in [4.69, 9.17) is 4.74 Å². The Morgan fingerprint density at radius 2 is 2.41 bits per heavy atom. The molecule has 1 saturated heterocycles. The summed E-state index contributed by atoms with van der Waals surface area (Å²) < 4.78 is 5.19. The van der Waals surface area contributed by atoms with Gasteiger partial charge in [0.1, 0.15) is 0 Å². The summed E-state index contributed by atoms with van der Waals surface area (Å²) in [6, 6.07) is 3.92. The molecule has 0 amide bonds. The van der Waals surface area contributed by atoms with Crippen LogP contribution in [0.3, 0.4) is 0 Å². The van der Waals surface area contributed by atoms with Crippen molar-refractivity contribution in [2.45, 2.75) is 19.4 Å². The number of methoxy groups -OCH3 is 1. The molecule has 2 rings (SSSR count). The summed E-state index contributed by atoms with van der Waals surface area (Å²) in [5, 5.41) is 9.40. The van der Waals surface area contributed by atoms with Crippen molar-refractivity contribution in [2.24, 2.45) is 5.92 Å². The summed E-state index contributed by atoms with van der Waals surface area (Å²) in [6.07, 6.45) is 2.52. The first-order valence-electron chi connectivity index (χ1n) is 6.08. The van der Waals surface area contributed by atoms with Gasteiger partial charge in [0, 0.05) is 26.1 Å². The zero-order chi connectivity index (χ0) is 12.3. The molecule has 17 heavy (non-hydrogen) atoms. The van der Waals surface area contributed by atoms with Gasteiger partial charge in [-0.05, 0) is 25.5 Å². The summed E-state index contributed by atoms with van der Waals surface area (Å²) in [4.78, 5) is 6.59. The molecule has 1 N–H and O–H groups in total. The quantitative estimate of drug-likeness (QED) is 0.862. The first-order chi connectivity index (χ1) is 8.20. The fourth-order valence-electron chi connectivity index (χ4n) is 2.27. The molecule has 0 bridgehead atoms. The molecule has 0 saturated carbocycles. The highest BCUT2D eigenvalue weighted by atomic mass is 16.5. The second kappa shape index (κ2) is 5.47. The number of ether oxygens (including phenoxy) is 1. The molecule has 1 aromatic rings. The van der Waals surface area contributed by atoms with Gasteiger partial charge in [0.25, 0.3) is 0 Å². The van der Waals surface area contributed by atoms with Crippen LogP contribution in [0.2, 0.25) is 0 Å². The molecule has 0 aromatic carbocycles. The maximum Gasteiger partial charge on any atom is 0.0931 e. The fourth-order valence-corrected chi connectivity index (χ4v) is 2.27. The van der Waals surface area contributed by atoms with Crippen LogP contribution in [0.15, 0.2) is 18.3 Å². The molecular weight excluding hydrogens is 216 g/mol. The van der Waals surface area contributed by atoms with Crippen molar-refractivity contribution in [2.75, 3.05) is 31.7 Å². The Morgan fingerprint density at radius 3 is 3.00 bits per heavy atom. The summed E-state index contributed by atoms with van der Waals surface area (Å²) in [7, 11) is 1.75. The van der Waals surface area contributed by atoms with E-state index in [0.717, 1.165) is 31.1 Å². The minimum atomic E-state index is -0.496. The van der Waals surface area contributed by atoms with Gasteiger partial charge >= 0.3 is 0 Å². The molecule has 0 radical (unpaired) electrons. The maximum absolute atomic E-state index is 9.40. The van der Waals surface area contributed by atoms with Crippen LogP contribution in [0.4, 0.5) is 5.69 Å². The normalized spacial score (nSPS) is 21.8. The summed E-state index contributed by atoms with van der Waals surface area (Å²) >= 11 is 0. The molecule has 94 valence electrons. The largest absolute Gasteiger partial charge is 0.387 e. The molecule has 2 heterocycles. The van der Waals surface area contributed by atoms with E-state index < -0.39 is 6.10 Å². The molecule has 4 nitrogen and oxygen atoms in total. The third-order valence-electron chi connectivity index (χ3n) is 3.25. The second-order valence-corrected chi connectivity index (χ2v) is 4.67. The van der Waals surface area contributed by atoms with Crippen molar-refractivity contribution in [1.82, 2.24) is 4.98 Å².